The predicted octanol–water partition coefficient (Wildman–Crippen LogP) is 2.80. The minimum Gasteiger partial charge on any atom is -0.496 e. The number of nitrogens with zero attached hydrogens (tertiary/aromatic N) is 2. The Morgan fingerprint density at radius 2 is 1.74 bits per heavy atom. The summed E-state index contributed by atoms with van der Waals surface area (Å²) >= 11 is 0. The molecule has 0 fully saturated rings. The number of imide groups is 1. The molecule has 1 N–H and O–H groups in total. The van der Waals surface area contributed by atoms with Gasteiger partial charge in [-0.3, -0.25) is 29.4 Å². The van der Waals surface area contributed by atoms with Gasteiger partial charge in [-0.15, -0.1) is 0 Å². The normalized spacial score (nSPS) is 14.3. The average Bonchev–Trinajstić information content (AvgIpc) is 3.08. The Kier molecular flexibility index (Phi) is 7.24. The lowest BCUT2D eigenvalue weighted by molar-refractivity contribution is -0.384. The number of esters is 1. The molecule has 1 heterocycles. The SMILES string of the molecule is CC[C@H](C)[C@@H](C(=O)OCC(=O)Nc1ccc(OC)cc1[N+](=O)[O-])N1C(=O)c2ccccc2C1=O. The molecule has 0 saturated heterocycles. The predicted molar refractivity (Wildman–Crippen MR) is 119 cm³/mol. The number of carbonyl (C=O) groups excluding carboxylic acids is 4. The van der Waals surface area contributed by atoms with Crippen LogP contribution in [0.15, 0.2) is 42.5 Å². The van der Waals surface area contributed by atoms with Gasteiger partial charge in [0.25, 0.3) is 23.4 Å². The van der Waals surface area contributed by atoms with Crippen LogP contribution in [0.1, 0.15) is 41.0 Å². The fourth-order valence-electron chi connectivity index (χ4n) is 3.58. The Morgan fingerprint density at radius 3 is 2.26 bits per heavy atom. The molecule has 34 heavy (non-hydrogen) atoms. The van der Waals surface area contributed by atoms with Crippen molar-refractivity contribution in [1.82, 2.24) is 4.90 Å². The molecule has 0 radical (unpaired) electrons. The van der Waals surface area contributed by atoms with Crippen LogP contribution < -0.4 is 10.1 Å². The summed E-state index contributed by atoms with van der Waals surface area (Å²) in [7, 11) is 1.35. The van der Waals surface area contributed by atoms with E-state index in [0.29, 0.717) is 6.42 Å². The fraction of sp³-hybridized carbons (Fsp3) is 0.304. The zero-order chi connectivity index (χ0) is 25.0. The van der Waals surface area contributed by atoms with E-state index in [9.17, 15) is 29.3 Å². The number of benzene rings is 2. The molecule has 2 atom stereocenters. The molecule has 1 aliphatic rings. The highest BCUT2D eigenvalue weighted by Gasteiger charge is 2.45. The van der Waals surface area contributed by atoms with Crippen LogP contribution in [0.3, 0.4) is 0 Å². The zero-order valence-electron chi connectivity index (χ0n) is 18.8. The van der Waals surface area contributed by atoms with E-state index in [2.05, 4.69) is 5.32 Å². The van der Waals surface area contributed by atoms with Gasteiger partial charge < -0.3 is 14.8 Å². The third-order valence-electron chi connectivity index (χ3n) is 5.55. The molecular formula is C23H23N3O8. The van der Waals surface area contributed by atoms with Gasteiger partial charge in [0.2, 0.25) is 0 Å². The van der Waals surface area contributed by atoms with Crippen molar-refractivity contribution in [2.45, 2.75) is 26.3 Å². The Hall–Kier alpha value is -4.28. The minimum atomic E-state index is -1.24. The second kappa shape index (κ2) is 10.1. The molecule has 1 aliphatic heterocycles. The van der Waals surface area contributed by atoms with Gasteiger partial charge in [0, 0.05) is 0 Å². The maximum Gasteiger partial charge on any atom is 0.330 e. The third kappa shape index (κ3) is 4.72. The van der Waals surface area contributed by atoms with E-state index in [1.807, 2.05) is 0 Å². The van der Waals surface area contributed by atoms with Crippen molar-refractivity contribution in [2.75, 3.05) is 19.0 Å². The summed E-state index contributed by atoms with van der Waals surface area (Å²) < 4.78 is 10.1. The Morgan fingerprint density at radius 1 is 1.12 bits per heavy atom. The largest absolute Gasteiger partial charge is 0.496 e. The quantitative estimate of drug-likeness (QED) is 0.255. The standard InChI is InChI=1S/C23H23N3O8/c1-4-13(2)20(25-21(28)15-7-5-6-8-16(15)22(25)29)23(30)34-12-19(27)24-17-10-9-14(33-3)11-18(17)26(31)32/h5-11,13,20H,4,12H2,1-3H3,(H,24,27)/t13-,20-/m0/s1. The van der Waals surface area contributed by atoms with E-state index in [1.165, 1.54) is 31.4 Å². The van der Waals surface area contributed by atoms with Crippen LogP contribution in [-0.4, -0.2) is 53.3 Å². The molecule has 0 unspecified atom stereocenters. The van der Waals surface area contributed by atoms with Crippen LogP contribution in [0.2, 0.25) is 0 Å². The van der Waals surface area contributed by atoms with Gasteiger partial charge >= 0.3 is 5.97 Å². The number of methoxy groups -OCH3 is 1. The van der Waals surface area contributed by atoms with Gasteiger partial charge in [0.15, 0.2) is 6.61 Å². The molecule has 0 bridgehead atoms. The Bertz CT molecular complexity index is 1130. The average molecular weight is 469 g/mol. The second-order valence-corrected chi connectivity index (χ2v) is 7.65. The monoisotopic (exact) mass is 469 g/mol. The highest BCUT2D eigenvalue weighted by molar-refractivity contribution is 6.22. The summed E-state index contributed by atoms with van der Waals surface area (Å²) in [6.07, 6.45) is 0.456. The van der Waals surface area contributed by atoms with Crippen LogP contribution in [-0.2, 0) is 14.3 Å². The molecule has 11 nitrogen and oxygen atoms in total. The highest BCUT2D eigenvalue weighted by Crippen LogP contribution is 2.30. The van der Waals surface area contributed by atoms with E-state index in [4.69, 9.17) is 9.47 Å². The molecule has 0 saturated carbocycles. The smallest absolute Gasteiger partial charge is 0.330 e. The molecule has 0 aromatic heterocycles. The zero-order valence-corrected chi connectivity index (χ0v) is 18.8. The first-order valence-corrected chi connectivity index (χ1v) is 10.4. The Labute approximate surface area is 194 Å². The maximum absolute atomic E-state index is 12.9. The maximum atomic E-state index is 12.9. The minimum absolute atomic E-state index is 0.106. The second-order valence-electron chi connectivity index (χ2n) is 7.65. The van der Waals surface area contributed by atoms with Gasteiger partial charge in [0.1, 0.15) is 17.5 Å². The first-order valence-electron chi connectivity index (χ1n) is 10.4. The summed E-state index contributed by atoms with van der Waals surface area (Å²) in [4.78, 5) is 62.4. The fourth-order valence-corrected chi connectivity index (χ4v) is 3.58. The number of hydrogen-bond acceptors (Lipinski definition) is 8. The lowest BCUT2D eigenvalue weighted by Crippen LogP contribution is -2.49. The number of amides is 3. The molecule has 11 heteroatoms. The molecule has 0 spiro atoms. The van der Waals surface area contributed by atoms with E-state index >= 15 is 0 Å². The molecule has 3 amide bonds. The molecular weight excluding hydrogens is 446 g/mol. The molecule has 178 valence electrons. The third-order valence-corrected chi connectivity index (χ3v) is 5.55. The van der Waals surface area contributed by atoms with Crippen LogP contribution in [0.5, 0.6) is 5.75 Å². The number of rotatable bonds is 9. The van der Waals surface area contributed by atoms with Gasteiger partial charge in [0.05, 0.1) is 29.2 Å². The molecule has 0 aliphatic carbocycles. The van der Waals surface area contributed by atoms with Crippen molar-refractivity contribution in [3.8, 4) is 5.75 Å². The van der Waals surface area contributed by atoms with Crippen molar-refractivity contribution >= 4 is 35.1 Å². The number of nitro groups is 1. The highest BCUT2D eigenvalue weighted by atomic mass is 16.6. The number of nitro benzene ring substituents is 1. The lowest BCUT2D eigenvalue weighted by atomic mass is 9.97. The van der Waals surface area contributed by atoms with E-state index in [1.54, 1.807) is 26.0 Å². The van der Waals surface area contributed by atoms with Gasteiger partial charge in [-0.2, -0.15) is 0 Å². The van der Waals surface area contributed by atoms with Crippen LogP contribution in [0.25, 0.3) is 0 Å². The van der Waals surface area contributed by atoms with Crippen molar-refractivity contribution < 1.29 is 33.6 Å². The summed E-state index contributed by atoms with van der Waals surface area (Å²) in [6, 6.07) is 8.86. The molecule has 3 rings (SSSR count). The summed E-state index contributed by atoms with van der Waals surface area (Å²) in [5, 5.41) is 13.6. The van der Waals surface area contributed by atoms with Crippen molar-refractivity contribution in [1.29, 1.82) is 0 Å². The van der Waals surface area contributed by atoms with E-state index < -0.39 is 52.9 Å². The van der Waals surface area contributed by atoms with E-state index in [0.717, 1.165) is 11.0 Å². The van der Waals surface area contributed by atoms with Crippen molar-refractivity contribution in [3.05, 3.63) is 63.7 Å². The van der Waals surface area contributed by atoms with Gasteiger partial charge in [-0.25, -0.2) is 4.79 Å². The number of carbonyl (C=O) groups is 4. The molecule has 2 aromatic rings. The number of nitrogens with one attached hydrogen (secondary N) is 1. The summed E-state index contributed by atoms with van der Waals surface area (Å²) in [5.74, 6) is -3.19. The topological polar surface area (TPSA) is 145 Å². The van der Waals surface area contributed by atoms with Crippen LogP contribution in [0, 0.1) is 16.0 Å². The number of ether oxygens (including phenoxy) is 2. The molecule has 2 aromatic carbocycles. The van der Waals surface area contributed by atoms with E-state index in [-0.39, 0.29) is 22.6 Å². The Balaban J connectivity index is 1.73. The van der Waals surface area contributed by atoms with Crippen molar-refractivity contribution in [2.24, 2.45) is 5.92 Å². The number of anilines is 1. The number of fused-ring (bicyclic) bond motifs is 1. The number of hydrogen-bond donors (Lipinski definition) is 1. The van der Waals surface area contributed by atoms with Crippen LogP contribution >= 0.6 is 0 Å². The van der Waals surface area contributed by atoms with Crippen LogP contribution in [0.4, 0.5) is 11.4 Å². The summed E-state index contributed by atoms with van der Waals surface area (Å²) in [6.45, 7) is 2.72. The summed E-state index contributed by atoms with van der Waals surface area (Å²) in [5.41, 5.74) is -0.121. The van der Waals surface area contributed by atoms with Crippen molar-refractivity contribution in [3.63, 3.8) is 0 Å². The first kappa shape index (κ1) is 24.4. The van der Waals surface area contributed by atoms with Gasteiger partial charge in [-0.05, 0) is 30.2 Å². The van der Waals surface area contributed by atoms with Gasteiger partial charge in [-0.1, -0.05) is 32.4 Å². The lowest BCUT2D eigenvalue weighted by Gasteiger charge is -2.28. The first-order chi connectivity index (χ1) is 16.2.